The van der Waals surface area contributed by atoms with Crippen LogP contribution < -0.4 is 10.6 Å². The molecule has 0 unspecified atom stereocenters. The first-order valence-electron chi connectivity index (χ1n) is 9.03. The number of anilines is 1. The summed E-state index contributed by atoms with van der Waals surface area (Å²) in [6.07, 6.45) is 7.57. The Hall–Kier alpha value is -1.56. The van der Waals surface area contributed by atoms with Crippen LogP contribution in [0.15, 0.2) is 0 Å². The van der Waals surface area contributed by atoms with Gasteiger partial charge in [0.2, 0.25) is 0 Å². The SMILES string of the molecule is COCCn1nc(C)c(NC(=O)NCC2(C)CCCCCC2)c1C. The number of urea groups is 1. The Labute approximate surface area is 145 Å². The molecule has 1 fully saturated rings. The van der Waals surface area contributed by atoms with Crippen LogP contribution in [0.3, 0.4) is 0 Å². The lowest BCUT2D eigenvalue weighted by atomic mass is 9.82. The molecule has 136 valence electrons. The van der Waals surface area contributed by atoms with Crippen molar-refractivity contribution in [1.82, 2.24) is 15.1 Å². The topological polar surface area (TPSA) is 68.2 Å². The third-order valence-corrected chi connectivity index (χ3v) is 5.11. The van der Waals surface area contributed by atoms with E-state index in [0.717, 1.165) is 23.6 Å². The fourth-order valence-corrected chi connectivity index (χ4v) is 3.48. The molecule has 24 heavy (non-hydrogen) atoms. The number of nitrogens with zero attached hydrogens (tertiary/aromatic N) is 2. The summed E-state index contributed by atoms with van der Waals surface area (Å²) in [5, 5.41) is 10.5. The third kappa shape index (κ3) is 4.97. The standard InChI is InChI=1S/C18H32N4O2/c1-14-16(15(2)22(21-14)11-12-24-4)20-17(23)19-13-18(3)9-7-5-6-8-10-18/h5-13H2,1-4H3,(H2,19,20,23). The molecule has 1 aromatic heterocycles. The lowest BCUT2D eigenvalue weighted by Crippen LogP contribution is -2.38. The lowest BCUT2D eigenvalue weighted by Gasteiger charge is -2.28. The molecule has 0 aromatic carbocycles. The van der Waals surface area contributed by atoms with Crippen LogP contribution in [-0.2, 0) is 11.3 Å². The number of aromatic nitrogens is 2. The van der Waals surface area contributed by atoms with Gasteiger partial charge in [-0.15, -0.1) is 0 Å². The predicted molar refractivity (Wildman–Crippen MR) is 96.4 cm³/mol. The van der Waals surface area contributed by atoms with Gasteiger partial charge in [0.15, 0.2) is 0 Å². The van der Waals surface area contributed by atoms with Crippen LogP contribution in [-0.4, -0.2) is 36.1 Å². The molecule has 1 aliphatic carbocycles. The summed E-state index contributed by atoms with van der Waals surface area (Å²) in [4.78, 5) is 12.3. The highest BCUT2D eigenvalue weighted by molar-refractivity contribution is 5.90. The van der Waals surface area contributed by atoms with Crippen molar-refractivity contribution < 1.29 is 9.53 Å². The average Bonchev–Trinajstić information content (AvgIpc) is 2.72. The fraction of sp³-hybridized carbons (Fsp3) is 0.778. The highest BCUT2D eigenvalue weighted by atomic mass is 16.5. The van der Waals surface area contributed by atoms with Gasteiger partial charge in [-0.05, 0) is 32.1 Å². The summed E-state index contributed by atoms with van der Waals surface area (Å²) in [6.45, 7) is 8.19. The molecule has 0 atom stereocenters. The van der Waals surface area contributed by atoms with E-state index in [-0.39, 0.29) is 11.4 Å². The maximum Gasteiger partial charge on any atom is 0.319 e. The maximum atomic E-state index is 12.3. The number of rotatable bonds is 6. The van der Waals surface area contributed by atoms with E-state index >= 15 is 0 Å². The van der Waals surface area contributed by atoms with Crippen LogP contribution in [0.5, 0.6) is 0 Å². The van der Waals surface area contributed by atoms with Crippen LogP contribution in [0.2, 0.25) is 0 Å². The minimum atomic E-state index is -0.141. The van der Waals surface area contributed by atoms with Gasteiger partial charge in [0.1, 0.15) is 0 Å². The number of hydrogen-bond donors (Lipinski definition) is 2. The number of ether oxygens (including phenoxy) is 1. The van der Waals surface area contributed by atoms with E-state index in [1.165, 1.54) is 38.5 Å². The fourth-order valence-electron chi connectivity index (χ4n) is 3.48. The van der Waals surface area contributed by atoms with E-state index in [2.05, 4.69) is 22.7 Å². The largest absolute Gasteiger partial charge is 0.383 e. The molecule has 0 bridgehead atoms. The van der Waals surface area contributed by atoms with Gasteiger partial charge in [0.05, 0.1) is 30.2 Å². The Kier molecular flexibility index (Phi) is 6.66. The molecular formula is C18H32N4O2. The minimum Gasteiger partial charge on any atom is -0.383 e. The summed E-state index contributed by atoms with van der Waals surface area (Å²) in [5.74, 6) is 0. The molecule has 1 heterocycles. The third-order valence-electron chi connectivity index (χ3n) is 5.11. The van der Waals surface area contributed by atoms with Gasteiger partial charge in [0.25, 0.3) is 0 Å². The first-order chi connectivity index (χ1) is 11.4. The number of aryl methyl sites for hydroxylation is 1. The number of amides is 2. The second-order valence-corrected chi connectivity index (χ2v) is 7.29. The zero-order chi connectivity index (χ0) is 17.6. The van der Waals surface area contributed by atoms with Gasteiger partial charge >= 0.3 is 6.03 Å². The van der Waals surface area contributed by atoms with Crippen molar-refractivity contribution >= 4 is 11.7 Å². The molecule has 6 heteroatoms. The van der Waals surface area contributed by atoms with Gasteiger partial charge < -0.3 is 15.4 Å². The van der Waals surface area contributed by atoms with Crippen molar-refractivity contribution in [2.45, 2.75) is 65.8 Å². The molecule has 1 saturated carbocycles. The van der Waals surface area contributed by atoms with Crippen LogP contribution >= 0.6 is 0 Å². The van der Waals surface area contributed by atoms with Crippen LogP contribution in [0.1, 0.15) is 56.8 Å². The highest BCUT2D eigenvalue weighted by Crippen LogP contribution is 2.33. The first-order valence-corrected chi connectivity index (χ1v) is 9.03. The second-order valence-electron chi connectivity index (χ2n) is 7.29. The molecule has 1 aliphatic rings. The lowest BCUT2D eigenvalue weighted by molar-refractivity contribution is 0.182. The molecule has 0 saturated heterocycles. The van der Waals surface area contributed by atoms with Crippen LogP contribution in [0, 0.1) is 19.3 Å². The molecular weight excluding hydrogens is 304 g/mol. The van der Waals surface area contributed by atoms with Crippen molar-refractivity contribution in [3.63, 3.8) is 0 Å². The van der Waals surface area contributed by atoms with Crippen molar-refractivity contribution in [2.24, 2.45) is 5.41 Å². The molecule has 0 radical (unpaired) electrons. The Balaban J connectivity index is 1.91. The number of nitrogens with one attached hydrogen (secondary N) is 2. The number of carbonyl (C=O) groups is 1. The van der Waals surface area contributed by atoms with Crippen molar-refractivity contribution in [3.8, 4) is 0 Å². The number of carbonyl (C=O) groups excluding carboxylic acids is 1. The maximum absolute atomic E-state index is 12.3. The average molecular weight is 336 g/mol. The van der Waals surface area contributed by atoms with Gasteiger partial charge in [-0.2, -0.15) is 5.10 Å². The summed E-state index contributed by atoms with van der Waals surface area (Å²) in [7, 11) is 1.67. The first kappa shape index (κ1) is 18.8. The van der Waals surface area contributed by atoms with Gasteiger partial charge in [-0.1, -0.05) is 32.6 Å². The van der Waals surface area contributed by atoms with E-state index < -0.39 is 0 Å². The summed E-state index contributed by atoms with van der Waals surface area (Å²) >= 11 is 0. The van der Waals surface area contributed by atoms with E-state index in [0.29, 0.717) is 13.2 Å². The Bertz CT molecular complexity index is 545. The zero-order valence-corrected chi connectivity index (χ0v) is 15.6. The number of hydrogen-bond acceptors (Lipinski definition) is 3. The molecule has 0 spiro atoms. The Morgan fingerprint density at radius 3 is 2.54 bits per heavy atom. The minimum absolute atomic E-state index is 0.141. The predicted octanol–water partition coefficient (Wildman–Crippen LogP) is 3.63. The van der Waals surface area contributed by atoms with E-state index in [1.54, 1.807) is 7.11 Å². The van der Waals surface area contributed by atoms with Crippen molar-refractivity contribution in [3.05, 3.63) is 11.4 Å². The van der Waals surface area contributed by atoms with E-state index in [9.17, 15) is 4.79 Å². The van der Waals surface area contributed by atoms with E-state index in [4.69, 9.17) is 4.74 Å². The van der Waals surface area contributed by atoms with Gasteiger partial charge in [0, 0.05) is 13.7 Å². The molecule has 0 aliphatic heterocycles. The summed E-state index contributed by atoms with van der Waals surface area (Å²) < 4.78 is 6.97. The molecule has 2 N–H and O–H groups in total. The second kappa shape index (κ2) is 8.51. The van der Waals surface area contributed by atoms with Crippen molar-refractivity contribution in [2.75, 3.05) is 25.6 Å². The smallest absolute Gasteiger partial charge is 0.319 e. The van der Waals surface area contributed by atoms with E-state index in [1.807, 2.05) is 18.5 Å². The normalized spacial score (nSPS) is 17.3. The molecule has 2 rings (SSSR count). The van der Waals surface area contributed by atoms with Crippen LogP contribution in [0.4, 0.5) is 10.5 Å². The monoisotopic (exact) mass is 336 g/mol. The quantitative estimate of drug-likeness (QED) is 0.780. The molecule has 6 nitrogen and oxygen atoms in total. The van der Waals surface area contributed by atoms with Gasteiger partial charge in [-0.25, -0.2) is 4.79 Å². The number of methoxy groups -OCH3 is 1. The van der Waals surface area contributed by atoms with Gasteiger partial charge in [-0.3, -0.25) is 4.68 Å². The molecule has 1 aromatic rings. The summed E-state index contributed by atoms with van der Waals surface area (Å²) in [6, 6.07) is -0.141. The Morgan fingerprint density at radius 2 is 1.92 bits per heavy atom. The van der Waals surface area contributed by atoms with Crippen LogP contribution in [0.25, 0.3) is 0 Å². The van der Waals surface area contributed by atoms with Crippen molar-refractivity contribution in [1.29, 1.82) is 0 Å². The Morgan fingerprint density at radius 1 is 1.25 bits per heavy atom. The summed E-state index contributed by atoms with van der Waals surface area (Å²) in [5.41, 5.74) is 2.81. The zero-order valence-electron chi connectivity index (χ0n) is 15.6. The molecule has 2 amide bonds. The highest BCUT2D eigenvalue weighted by Gasteiger charge is 2.26.